The van der Waals surface area contributed by atoms with Crippen molar-refractivity contribution in [1.29, 1.82) is 0 Å². The summed E-state index contributed by atoms with van der Waals surface area (Å²) in [5.74, 6) is 0.740. The molecule has 96 valence electrons. The molecule has 0 aromatic heterocycles. The number of carbonyl (C=O) groups excluding carboxylic acids is 1. The van der Waals surface area contributed by atoms with Gasteiger partial charge in [-0.15, -0.1) is 0 Å². The molecule has 0 amide bonds. The molecular weight excluding hydrogens is 226 g/mol. The van der Waals surface area contributed by atoms with Crippen LogP contribution < -0.4 is 4.90 Å². The van der Waals surface area contributed by atoms with Gasteiger partial charge in [-0.25, -0.2) is 0 Å². The number of aldehydes is 1. The molecule has 0 aliphatic carbocycles. The summed E-state index contributed by atoms with van der Waals surface area (Å²) in [7, 11) is 0. The van der Waals surface area contributed by atoms with E-state index in [1.165, 1.54) is 24.1 Å². The fourth-order valence-corrected chi connectivity index (χ4v) is 2.97. The highest BCUT2D eigenvalue weighted by molar-refractivity contribution is 5.78. The molecular formula is C15H19NO2. The molecule has 0 saturated carbocycles. The molecule has 2 aliphatic rings. The second-order valence-electron chi connectivity index (χ2n) is 5.26. The van der Waals surface area contributed by atoms with Gasteiger partial charge in [-0.3, -0.25) is 4.79 Å². The van der Waals surface area contributed by atoms with Crippen molar-refractivity contribution < 1.29 is 9.53 Å². The molecule has 1 saturated heterocycles. The van der Waals surface area contributed by atoms with Crippen LogP contribution >= 0.6 is 0 Å². The fraction of sp³-hybridized carbons (Fsp3) is 0.533. The highest BCUT2D eigenvalue weighted by Gasteiger charge is 2.23. The third-order valence-electron chi connectivity index (χ3n) is 4.06. The van der Waals surface area contributed by atoms with Crippen LogP contribution in [-0.2, 0) is 11.2 Å². The predicted molar refractivity (Wildman–Crippen MR) is 71.3 cm³/mol. The average Bonchev–Trinajstić information content (AvgIpc) is 2.82. The zero-order chi connectivity index (χ0) is 12.4. The number of hydrogen-bond donors (Lipinski definition) is 0. The van der Waals surface area contributed by atoms with Crippen LogP contribution in [0, 0.1) is 5.92 Å². The number of ether oxygens (including phenoxy) is 1. The zero-order valence-corrected chi connectivity index (χ0v) is 10.6. The molecule has 0 N–H and O–H groups in total. The maximum Gasteiger partial charge on any atom is 0.150 e. The van der Waals surface area contributed by atoms with E-state index in [1.807, 2.05) is 12.1 Å². The Balaban J connectivity index is 1.74. The molecule has 0 spiro atoms. The number of fused-ring (bicyclic) bond motifs is 1. The molecule has 1 fully saturated rings. The van der Waals surface area contributed by atoms with Crippen molar-refractivity contribution in [3.63, 3.8) is 0 Å². The maximum atomic E-state index is 10.9. The van der Waals surface area contributed by atoms with Gasteiger partial charge in [0.05, 0.1) is 0 Å². The van der Waals surface area contributed by atoms with Crippen LogP contribution in [0.1, 0.15) is 28.8 Å². The summed E-state index contributed by atoms with van der Waals surface area (Å²) < 4.78 is 5.41. The molecule has 0 unspecified atom stereocenters. The lowest BCUT2D eigenvalue weighted by atomic mass is 9.99. The summed E-state index contributed by atoms with van der Waals surface area (Å²) >= 11 is 0. The smallest absolute Gasteiger partial charge is 0.150 e. The quantitative estimate of drug-likeness (QED) is 0.765. The van der Waals surface area contributed by atoms with Crippen molar-refractivity contribution in [3.05, 3.63) is 29.3 Å². The molecule has 0 atom stereocenters. The first kappa shape index (κ1) is 11.7. The number of hydrogen-bond acceptors (Lipinski definition) is 3. The Hall–Kier alpha value is -1.35. The largest absolute Gasteiger partial charge is 0.381 e. The molecule has 18 heavy (non-hydrogen) atoms. The van der Waals surface area contributed by atoms with Gasteiger partial charge < -0.3 is 9.64 Å². The minimum absolute atomic E-state index is 0.740. The van der Waals surface area contributed by atoms with Crippen molar-refractivity contribution in [3.8, 4) is 0 Å². The Morgan fingerprint density at radius 2 is 2.17 bits per heavy atom. The molecule has 0 radical (unpaired) electrons. The van der Waals surface area contributed by atoms with Gasteiger partial charge in [0.1, 0.15) is 6.29 Å². The lowest BCUT2D eigenvalue weighted by Gasteiger charge is -2.28. The fourth-order valence-electron chi connectivity index (χ4n) is 2.97. The van der Waals surface area contributed by atoms with Gasteiger partial charge in [0.2, 0.25) is 0 Å². The summed E-state index contributed by atoms with van der Waals surface area (Å²) in [5, 5.41) is 0. The molecule has 1 aromatic carbocycles. The third-order valence-corrected chi connectivity index (χ3v) is 4.06. The van der Waals surface area contributed by atoms with Gasteiger partial charge in [-0.05, 0) is 36.8 Å². The summed E-state index contributed by atoms with van der Waals surface area (Å²) in [4.78, 5) is 13.3. The summed E-state index contributed by atoms with van der Waals surface area (Å²) in [6.07, 6.45) is 4.38. The van der Waals surface area contributed by atoms with Crippen molar-refractivity contribution in [2.24, 2.45) is 5.92 Å². The number of benzene rings is 1. The van der Waals surface area contributed by atoms with Crippen molar-refractivity contribution in [1.82, 2.24) is 0 Å². The Bertz CT molecular complexity index is 438. The van der Waals surface area contributed by atoms with Gasteiger partial charge in [-0.1, -0.05) is 12.1 Å². The highest BCUT2D eigenvalue weighted by Crippen LogP contribution is 2.30. The van der Waals surface area contributed by atoms with E-state index in [-0.39, 0.29) is 0 Å². The van der Waals surface area contributed by atoms with Gasteiger partial charge in [-0.2, -0.15) is 0 Å². The Morgan fingerprint density at radius 3 is 2.94 bits per heavy atom. The van der Waals surface area contributed by atoms with Crippen LogP contribution in [-0.4, -0.2) is 32.6 Å². The standard InChI is InChI=1S/C15H19NO2/c17-11-13-1-2-14-3-6-16(15(14)9-13)10-12-4-7-18-8-5-12/h1-2,9,11-12H,3-8,10H2. The number of anilines is 1. The van der Waals surface area contributed by atoms with Crippen LogP contribution in [0.25, 0.3) is 0 Å². The van der Waals surface area contributed by atoms with Gasteiger partial charge in [0, 0.05) is 37.6 Å². The number of nitrogens with zero attached hydrogens (tertiary/aromatic N) is 1. The third kappa shape index (κ3) is 2.27. The van der Waals surface area contributed by atoms with E-state index < -0.39 is 0 Å². The molecule has 3 rings (SSSR count). The van der Waals surface area contributed by atoms with E-state index in [0.29, 0.717) is 0 Å². The molecule has 2 aliphatic heterocycles. The number of rotatable bonds is 3. The van der Waals surface area contributed by atoms with Crippen molar-refractivity contribution in [2.75, 3.05) is 31.2 Å². The first-order chi connectivity index (χ1) is 8.86. The van der Waals surface area contributed by atoms with E-state index in [0.717, 1.165) is 50.5 Å². The lowest BCUT2D eigenvalue weighted by Crippen LogP contribution is -2.31. The summed E-state index contributed by atoms with van der Waals surface area (Å²) in [5.41, 5.74) is 3.44. The molecule has 3 heteroatoms. The Labute approximate surface area is 108 Å². The minimum atomic E-state index is 0.740. The van der Waals surface area contributed by atoms with E-state index in [4.69, 9.17) is 4.74 Å². The van der Waals surface area contributed by atoms with E-state index in [2.05, 4.69) is 11.0 Å². The first-order valence-electron chi connectivity index (χ1n) is 6.77. The van der Waals surface area contributed by atoms with Gasteiger partial charge >= 0.3 is 0 Å². The normalized spacial score (nSPS) is 19.9. The van der Waals surface area contributed by atoms with E-state index in [1.54, 1.807) is 0 Å². The van der Waals surface area contributed by atoms with Gasteiger partial charge in [0.25, 0.3) is 0 Å². The average molecular weight is 245 g/mol. The zero-order valence-electron chi connectivity index (χ0n) is 10.6. The van der Waals surface area contributed by atoms with Gasteiger partial charge in [0.15, 0.2) is 0 Å². The van der Waals surface area contributed by atoms with Crippen LogP contribution in [0.3, 0.4) is 0 Å². The molecule has 0 bridgehead atoms. The van der Waals surface area contributed by atoms with Crippen LogP contribution in [0.5, 0.6) is 0 Å². The summed E-state index contributed by atoms with van der Waals surface area (Å²) in [6.45, 7) is 4.01. The van der Waals surface area contributed by atoms with Crippen molar-refractivity contribution >= 4 is 12.0 Å². The van der Waals surface area contributed by atoms with Crippen molar-refractivity contribution in [2.45, 2.75) is 19.3 Å². The van der Waals surface area contributed by atoms with Crippen LogP contribution in [0.4, 0.5) is 5.69 Å². The monoisotopic (exact) mass is 245 g/mol. The highest BCUT2D eigenvalue weighted by atomic mass is 16.5. The van der Waals surface area contributed by atoms with E-state index >= 15 is 0 Å². The van der Waals surface area contributed by atoms with Crippen LogP contribution in [0.15, 0.2) is 18.2 Å². The predicted octanol–water partition coefficient (Wildman–Crippen LogP) is 2.29. The SMILES string of the molecule is O=Cc1ccc2c(c1)N(CC1CCOCC1)CC2. The second-order valence-corrected chi connectivity index (χ2v) is 5.26. The molecule has 1 aromatic rings. The number of carbonyl (C=O) groups is 1. The lowest BCUT2D eigenvalue weighted by molar-refractivity contribution is 0.0683. The maximum absolute atomic E-state index is 10.9. The topological polar surface area (TPSA) is 29.5 Å². The Morgan fingerprint density at radius 1 is 1.33 bits per heavy atom. The van der Waals surface area contributed by atoms with Crippen LogP contribution in [0.2, 0.25) is 0 Å². The summed E-state index contributed by atoms with van der Waals surface area (Å²) in [6, 6.07) is 6.06. The molecule has 2 heterocycles. The minimum Gasteiger partial charge on any atom is -0.381 e. The molecule has 3 nitrogen and oxygen atoms in total. The Kier molecular flexibility index (Phi) is 3.33. The second kappa shape index (κ2) is 5.11. The van der Waals surface area contributed by atoms with E-state index in [9.17, 15) is 4.79 Å². The first-order valence-corrected chi connectivity index (χ1v) is 6.77.